The van der Waals surface area contributed by atoms with Crippen molar-refractivity contribution in [1.82, 2.24) is 0 Å². The first-order valence-corrected chi connectivity index (χ1v) is 6.52. The molecular weight excluding hydrogens is 242 g/mol. The number of nitriles is 1. The molecule has 4 heteroatoms. The van der Waals surface area contributed by atoms with Crippen molar-refractivity contribution in [3.05, 3.63) is 35.4 Å². The van der Waals surface area contributed by atoms with E-state index in [4.69, 9.17) is 15.1 Å². The molecule has 0 aliphatic heterocycles. The number of carboxylic acids is 1. The van der Waals surface area contributed by atoms with Crippen LogP contribution in [0.1, 0.15) is 36.8 Å². The third kappa shape index (κ3) is 3.80. The number of carbonyl (C=O) groups is 1. The second kappa shape index (κ2) is 6.35. The van der Waals surface area contributed by atoms with Gasteiger partial charge in [-0.3, -0.25) is 4.79 Å². The third-order valence-electron chi connectivity index (χ3n) is 3.57. The molecule has 0 spiro atoms. The van der Waals surface area contributed by atoms with Crippen LogP contribution in [-0.2, 0) is 16.1 Å². The van der Waals surface area contributed by atoms with Crippen molar-refractivity contribution in [2.45, 2.75) is 38.4 Å². The number of aliphatic carboxylic acids is 1. The molecule has 0 bridgehead atoms. The van der Waals surface area contributed by atoms with Gasteiger partial charge in [-0.25, -0.2) is 0 Å². The van der Waals surface area contributed by atoms with Crippen LogP contribution in [0.4, 0.5) is 0 Å². The number of hydrogen-bond acceptors (Lipinski definition) is 3. The van der Waals surface area contributed by atoms with Crippen molar-refractivity contribution in [2.24, 2.45) is 5.92 Å². The SMILES string of the molecule is N#Cc1cccc(COC2CCC(C(=O)O)CC2)c1. The molecule has 19 heavy (non-hydrogen) atoms. The highest BCUT2D eigenvalue weighted by Gasteiger charge is 2.26. The Kier molecular flexibility index (Phi) is 4.53. The second-order valence-corrected chi connectivity index (χ2v) is 4.94. The minimum Gasteiger partial charge on any atom is -0.481 e. The maximum atomic E-state index is 10.8. The lowest BCUT2D eigenvalue weighted by Crippen LogP contribution is -2.25. The zero-order valence-electron chi connectivity index (χ0n) is 10.7. The van der Waals surface area contributed by atoms with Crippen LogP contribution in [0.15, 0.2) is 24.3 Å². The maximum Gasteiger partial charge on any atom is 0.306 e. The van der Waals surface area contributed by atoms with Crippen LogP contribution >= 0.6 is 0 Å². The van der Waals surface area contributed by atoms with E-state index in [2.05, 4.69) is 6.07 Å². The molecule has 1 fully saturated rings. The van der Waals surface area contributed by atoms with Crippen molar-refractivity contribution in [1.29, 1.82) is 5.26 Å². The molecule has 4 nitrogen and oxygen atoms in total. The van der Waals surface area contributed by atoms with Gasteiger partial charge in [0, 0.05) is 0 Å². The summed E-state index contributed by atoms with van der Waals surface area (Å²) in [4.78, 5) is 10.8. The smallest absolute Gasteiger partial charge is 0.306 e. The summed E-state index contributed by atoms with van der Waals surface area (Å²) < 4.78 is 5.79. The molecule has 1 aromatic carbocycles. The predicted molar refractivity (Wildman–Crippen MR) is 69.3 cm³/mol. The fourth-order valence-corrected chi connectivity index (χ4v) is 2.42. The average molecular weight is 259 g/mol. The third-order valence-corrected chi connectivity index (χ3v) is 3.57. The van der Waals surface area contributed by atoms with Gasteiger partial charge in [0.05, 0.1) is 30.3 Å². The van der Waals surface area contributed by atoms with Crippen LogP contribution in [0.3, 0.4) is 0 Å². The van der Waals surface area contributed by atoms with E-state index in [0.29, 0.717) is 25.0 Å². The molecule has 0 amide bonds. The molecule has 0 saturated heterocycles. The average Bonchev–Trinajstić information content (AvgIpc) is 2.46. The van der Waals surface area contributed by atoms with Crippen LogP contribution in [0.5, 0.6) is 0 Å². The van der Waals surface area contributed by atoms with Crippen molar-refractivity contribution < 1.29 is 14.6 Å². The van der Waals surface area contributed by atoms with Crippen LogP contribution in [0.2, 0.25) is 0 Å². The highest BCUT2D eigenvalue weighted by atomic mass is 16.5. The van der Waals surface area contributed by atoms with E-state index >= 15 is 0 Å². The lowest BCUT2D eigenvalue weighted by molar-refractivity contribution is -0.143. The van der Waals surface area contributed by atoms with E-state index < -0.39 is 5.97 Å². The van der Waals surface area contributed by atoms with Crippen LogP contribution < -0.4 is 0 Å². The summed E-state index contributed by atoms with van der Waals surface area (Å²) in [7, 11) is 0. The maximum absolute atomic E-state index is 10.8. The zero-order valence-corrected chi connectivity index (χ0v) is 10.7. The van der Waals surface area contributed by atoms with Crippen molar-refractivity contribution in [3.8, 4) is 6.07 Å². The molecular formula is C15H17NO3. The van der Waals surface area contributed by atoms with Gasteiger partial charge < -0.3 is 9.84 Å². The molecule has 0 unspecified atom stereocenters. The van der Waals surface area contributed by atoms with Gasteiger partial charge in [0.1, 0.15) is 0 Å². The van der Waals surface area contributed by atoms with E-state index in [1.54, 1.807) is 6.07 Å². The van der Waals surface area contributed by atoms with Gasteiger partial charge in [0.2, 0.25) is 0 Å². The lowest BCUT2D eigenvalue weighted by Gasteiger charge is -2.26. The Labute approximate surface area is 112 Å². The molecule has 2 rings (SSSR count). The first-order chi connectivity index (χ1) is 9.19. The molecule has 0 aromatic heterocycles. The zero-order chi connectivity index (χ0) is 13.7. The topological polar surface area (TPSA) is 70.3 Å². The van der Waals surface area contributed by atoms with Crippen LogP contribution in [-0.4, -0.2) is 17.2 Å². The highest BCUT2D eigenvalue weighted by Crippen LogP contribution is 2.27. The number of rotatable bonds is 4. The van der Waals surface area contributed by atoms with E-state index in [9.17, 15) is 4.79 Å². The van der Waals surface area contributed by atoms with Gasteiger partial charge in [-0.1, -0.05) is 12.1 Å². The summed E-state index contributed by atoms with van der Waals surface area (Å²) >= 11 is 0. The van der Waals surface area contributed by atoms with Crippen molar-refractivity contribution in [3.63, 3.8) is 0 Å². The molecule has 100 valence electrons. The molecule has 1 N–H and O–H groups in total. The standard InChI is InChI=1S/C15H17NO3/c16-9-11-2-1-3-12(8-11)10-19-14-6-4-13(5-7-14)15(17)18/h1-3,8,13-14H,4-7,10H2,(H,17,18). The molecule has 1 aromatic rings. The number of benzene rings is 1. The van der Waals surface area contributed by atoms with E-state index in [-0.39, 0.29) is 12.0 Å². The Morgan fingerprint density at radius 3 is 2.74 bits per heavy atom. The molecule has 0 heterocycles. The number of carboxylic acid groups (broad SMARTS) is 1. The largest absolute Gasteiger partial charge is 0.481 e. The van der Waals surface area contributed by atoms with Gasteiger partial charge in [-0.05, 0) is 43.4 Å². The van der Waals surface area contributed by atoms with E-state index in [1.807, 2.05) is 18.2 Å². The molecule has 1 aliphatic carbocycles. The lowest BCUT2D eigenvalue weighted by atomic mass is 9.87. The summed E-state index contributed by atoms with van der Waals surface area (Å²) in [5.41, 5.74) is 1.62. The number of nitrogens with zero attached hydrogens (tertiary/aromatic N) is 1. The van der Waals surface area contributed by atoms with Crippen LogP contribution in [0.25, 0.3) is 0 Å². The van der Waals surface area contributed by atoms with Crippen LogP contribution in [0, 0.1) is 17.2 Å². The summed E-state index contributed by atoms with van der Waals surface area (Å²) in [5, 5.41) is 17.7. The molecule has 1 aliphatic rings. The van der Waals surface area contributed by atoms with E-state index in [0.717, 1.165) is 18.4 Å². The minimum atomic E-state index is -0.694. The Morgan fingerprint density at radius 2 is 2.11 bits per heavy atom. The Bertz CT molecular complexity index is 484. The van der Waals surface area contributed by atoms with E-state index in [1.165, 1.54) is 0 Å². The Hall–Kier alpha value is -1.86. The predicted octanol–water partition coefficient (Wildman–Crippen LogP) is 2.72. The van der Waals surface area contributed by atoms with Gasteiger partial charge in [0.15, 0.2) is 0 Å². The second-order valence-electron chi connectivity index (χ2n) is 4.94. The normalized spacial score (nSPS) is 22.7. The summed E-state index contributed by atoms with van der Waals surface area (Å²) in [6.45, 7) is 0.484. The van der Waals surface area contributed by atoms with Crippen molar-refractivity contribution in [2.75, 3.05) is 0 Å². The minimum absolute atomic E-state index is 0.140. The number of ether oxygens (including phenoxy) is 1. The van der Waals surface area contributed by atoms with Gasteiger partial charge >= 0.3 is 5.97 Å². The Balaban J connectivity index is 1.80. The summed E-state index contributed by atoms with van der Waals surface area (Å²) in [5.74, 6) is -0.901. The molecule has 0 atom stereocenters. The van der Waals surface area contributed by atoms with Gasteiger partial charge in [-0.2, -0.15) is 5.26 Å². The first-order valence-electron chi connectivity index (χ1n) is 6.52. The molecule has 0 radical (unpaired) electrons. The fourth-order valence-electron chi connectivity index (χ4n) is 2.42. The Morgan fingerprint density at radius 1 is 1.37 bits per heavy atom. The summed E-state index contributed by atoms with van der Waals surface area (Å²) in [6.07, 6.45) is 3.13. The summed E-state index contributed by atoms with van der Waals surface area (Å²) in [6, 6.07) is 9.47. The highest BCUT2D eigenvalue weighted by molar-refractivity contribution is 5.70. The monoisotopic (exact) mass is 259 g/mol. The van der Waals surface area contributed by atoms with Gasteiger partial charge in [-0.15, -0.1) is 0 Å². The molecule has 1 saturated carbocycles. The van der Waals surface area contributed by atoms with Gasteiger partial charge in [0.25, 0.3) is 0 Å². The quantitative estimate of drug-likeness (QED) is 0.902. The van der Waals surface area contributed by atoms with Crippen molar-refractivity contribution >= 4 is 5.97 Å². The fraction of sp³-hybridized carbons (Fsp3) is 0.467. The number of hydrogen-bond donors (Lipinski definition) is 1. The first kappa shape index (κ1) is 13.6.